The van der Waals surface area contributed by atoms with E-state index in [0.717, 1.165) is 50.5 Å². The Hall–Kier alpha value is -8.41. The number of hydrogen-bond donors (Lipinski definition) is 0. The molecule has 13 rings (SSSR count). The van der Waals surface area contributed by atoms with Crippen LogP contribution in [-0.4, -0.2) is 20.8 Å². The van der Waals surface area contributed by atoms with Crippen molar-refractivity contribution >= 4 is 83.8 Å². The molecule has 0 saturated carbocycles. The Labute approximate surface area is 371 Å². The number of hydrogen-bond acceptors (Lipinski definition) is 2. The zero-order valence-corrected chi connectivity index (χ0v) is 34.9. The molecule has 0 bridgehead atoms. The van der Waals surface area contributed by atoms with Gasteiger partial charge in [0.2, 0.25) is 6.71 Å². The van der Waals surface area contributed by atoms with Crippen LogP contribution in [0.25, 0.3) is 77.5 Å². The second-order valence-electron chi connectivity index (χ2n) is 16.7. The molecule has 0 aliphatic carbocycles. The van der Waals surface area contributed by atoms with E-state index in [1.165, 1.54) is 60.4 Å². The summed E-state index contributed by atoms with van der Waals surface area (Å²) < 4.78 is 4.71. The molecule has 1 aliphatic rings. The summed E-state index contributed by atoms with van der Waals surface area (Å²) in [4.78, 5) is 8.13. The predicted molar refractivity (Wildman–Crippen MR) is 270 cm³/mol. The molecule has 64 heavy (non-hydrogen) atoms. The number of para-hydroxylation sites is 7. The van der Waals surface area contributed by atoms with Crippen molar-refractivity contribution < 1.29 is 0 Å². The van der Waals surface area contributed by atoms with Crippen LogP contribution < -0.4 is 21.3 Å². The summed E-state index contributed by atoms with van der Waals surface area (Å²) in [5.74, 6) is 1.73. The third kappa shape index (κ3) is 5.54. The van der Waals surface area contributed by atoms with E-state index in [1.54, 1.807) is 0 Å². The summed E-state index contributed by atoms with van der Waals surface area (Å²) in [5, 5.41) is 4.81. The maximum atomic E-state index is 5.70. The van der Waals surface area contributed by atoms with Gasteiger partial charge in [-0.25, -0.2) is 4.98 Å². The summed E-state index contributed by atoms with van der Waals surface area (Å²) in [7, 11) is 0. The van der Waals surface area contributed by atoms with Crippen LogP contribution in [0.15, 0.2) is 237 Å². The second kappa shape index (κ2) is 14.6. The minimum Gasteiger partial charge on any atom is -0.312 e. The van der Waals surface area contributed by atoms with E-state index in [1.807, 2.05) is 0 Å². The van der Waals surface area contributed by atoms with Crippen molar-refractivity contribution in [3.8, 4) is 33.9 Å². The lowest BCUT2D eigenvalue weighted by atomic mass is 9.33. The Morgan fingerprint density at radius 2 is 0.719 bits per heavy atom. The van der Waals surface area contributed by atoms with Crippen LogP contribution in [0.5, 0.6) is 0 Å². The Bertz CT molecular complexity index is 3470. The van der Waals surface area contributed by atoms with Crippen molar-refractivity contribution in [2.24, 2.45) is 0 Å². The Kier molecular flexibility index (Phi) is 8.28. The van der Waals surface area contributed by atoms with E-state index >= 15 is 0 Å². The molecule has 0 fully saturated rings. The van der Waals surface area contributed by atoms with E-state index in [2.05, 4.69) is 251 Å². The van der Waals surface area contributed by atoms with Crippen molar-refractivity contribution in [1.29, 1.82) is 0 Å². The molecule has 4 heterocycles. The highest BCUT2D eigenvalue weighted by atomic mass is 15.2. The SMILES string of the molecule is c1ccc(-c2cccc(-c3cc(-n4c5ccccc5c5ccccc54)nc(-n4c5ccccc5c5ccccc54)c3)c2B2c3ccccc3N(c3ccccc3)c3ccccc32)cc1. The first kappa shape index (κ1) is 36.3. The fourth-order valence-corrected chi connectivity index (χ4v) is 10.6. The first-order chi connectivity index (χ1) is 31.8. The molecule has 5 heteroatoms. The molecule has 12 aromatic rings. The van der Waals surface area contributed by atoms with Gasteiger partial charge in [-0.15, -0.1) is 0 Å². The molecular formula is C59H39BN4. The van der Waals surface area contributed by atoms with Crippen LogP contribution in [0.3, 0.4) is 0 Å². The molecule has 0 spiro atoms. The zero-order chi connectivity index (χ0) is 42.1. The molecule has 4 nitrogen and oxygen atoms in total. The summed E-state index contributed by atoms with van der Waals surface area (Å²) in [6.45, 7) is -0.0969. The van der Waals surface area contributed by atoms with Crippen molar-refractivity contribution in [3.63, 3.8) is 0 Å². The van der Waals surface area contributed by atoms with E-state index in [0.29, 0.717) is 0 Å². The van der Waals surface area contributed by atoms with Crippen LogP contribution in [0.4, 0.5) is 17.1 Å². The third-order valence-electron chi connectivity index (χ3n) is 13.2. The molecule has 1 aliphatic heterocycles. The van der Waals surface area contributed by atoms with Crippen LogP contribution in [-0.2, 0) is 0 Å². The average Bonchev–Trinajstić information content (AvgIpc) is 3.89. The minimum absolute atomic E-state index is 0.0969. The van der Waals surface area contributed by atoms with Crippen LogP contribution in [0.1, 0.15) is 0 Å². The minimum atomic E-state index is -0.0969. The molecule has 0 amide bonds. The zero-order valence-electron chi connectivity index (χ0n) is 34.9. The number of benzene rings is 9. The Morgan fingerprint density at radius 3 is 1.20 bits per heavy atom. The lowest BCUT2D eigenvalue weighted by molar-refractivity contribution is 1.01. The standard InChI is InChI=1S/C59H39BN4/c1-3-20-40(21-4-1)43-28-19-29-44(59(43)60-49-30-11-17-36-55(49)62(42-22-5-2-6-23-42)56-37-18-12-31-50(56)60)41-38-57(63-51-32-13-7-24-45(51)46-25-8-14-33-52(46)63)61-58(39-41)64-53-34-15-9-26-47(53)48-27-10-16-35-54(48)64/h1-39H. The number of pyridine rings is 1. The first-order valence-corrected chi connectivity index (χ1v) is 22.0. The molecular weight excluding hydrogens is 775 g/mol. The molecule has 0 saturated heterocycles. The van der Waals surface area contributed by atoms with Gasteiger partial charge < -0.3 is 4.90 Å². The quantitative estimate of drug-likeness (QED) is 0.156. The van der Waals surface area contributed by atoms with Crippen LogP contribution in [0, 0.1) is 0 Å². The molecule has 0 radical (unpaired) electrons. The average molecular weight is 815 g/mol. The first-order valence-electron chi connectivity index (χ1n) is 22.0. The molecule has 0 N–H and O–H groups in total. The summed E-state index contributed by atoms with van der Waals surface area (Å²) in [5.41, 5.74) is 16.4. The van der Waals surface area contributed by atoms with Gasteiger partial charge in [-0.3, -0.25) is 9.13 Å². The van der Waals surface area contributed by atoms with Gasteiger partial charge in [0, 0.05) is 38.6 Å². The summed E-state index contributed by atoms with van der Waals surface area (Å²) >= 11 is 0. The Balaban J connectivity index is 1.15. The largest absolute Gasteiger partial charge is 0.312 e. The summed E-state index contributed by atoms with van der Waals surface area (Å²) in [6.07, 6.45) is 0. The lowest BCUT2D eigenvalue weighted by Crippen LogP contribution is -2.58. The number of fused-ring (bicyclic) bond motifs is 8. The van der Waals surface area contributed by atoms with Crippen molar-refractivity contribution in [1.82, 2.24) is 14.1 Å². The molecule has 298 valence electrons. The number of nitrogens with zero attached hydrogens (tertiary/aromatic N) is 4. The van der Waals surface area contributed by atoms with E-state index in [-0.39, 0.29) is 6.71 Å². The maximum absolute atomic E-state index is 5.70. The highest BCUT2D eigenvalue weighted by Gasteiger charge is 2.38. The van der Waals surface area contributed by atoms with Gasteiger partial charge in [0.05, 0.1) is 22.1 Å². The number of rotatable bonds is 6. The predicted octanol–water partition coefficient (Wildman–Crippen LogP) is 12.9. The highest BCUT2D eigenvalue weighted by Crippen LogP contribution is 2.40. The van der Waals surface area contributed by atoms with Gasteiger partial charge >= 0.3 is 0 Å². The fraction of sp³-hybridized carbons (Fsp3) is 0. The van der Waals surface area contributed by atoms with Crippen LogP contribution >= 0.6 is 0 Å². The normalized spacial score (nSPS) is 12.3. The third-order valence-corrected chi connectivity index (χ3v) is 13.2. The van der Waals surface area contributed by atoms with E-state index in [4.69, 9.17) is 4.98 Å². The van der Waals surface area contributed by atoms with E-state index in [9.17, 15) is 0 Å². The van der Waals surface area contributed by atoms with Gasteiger partial charge in [0.15, 0.2) is 0 Å². The van der Waals surface area contributed by atoms with Gasteiger partial charge in [-0.05, 0) is 93.8 Å². The smallest absolute Gasteiger partial charge is 0.248 e. The van der Waals surface area contributed by atoms with Gasteiger partial charge in [0.25, 0.3) is 0 Å². The molecule has 3 aromatic heterocycles. The topological polar surface area (TPSA) is 26.0 Å². The van der Waals surface area contributed by atoms with Gasteiger partial charge in [0.1, 0.15) is 11.6 Å². The fourth-order valence-electron chi connectivity index (χ4n) is 10.6. The maximum Gasteiger partial charge on any atom is 0.248 e. The highest BCUT2D eigenvalue weighted by molar-refractivity contribution is 6.99. The summed E-state index contributed by atoms with van der Waals surface area (Å²) in [6, 6.07) is 86.0. The van der Waals surface area contributed by atoms with Gasteiger partial charge in [-0.2, -0.15) is 0 Å². The number of anilines is 3. The van der Waals surface area contributed by atoms with Crippen LogP contribution in [0.2, 0.25) is 0 Å². The van der Waals surface area contributed by atoms with E-state index < -0.39 is 0 Å². The lowest BCUT2D eigenvalue weighted by Gasteiger charge is -2.38. The number of aromatic nitrogens is 3. The second-order valence-corrected chi connectivity index (χ2v) is 16.7. The molecule has 0 atom stereocenters. The Morgan fingerprint density at radius 1 is 0.328 bits per heavy atom. The monoisotopic (exact) mass is 814 g/mol. The van der Waals surface area contributed by atoms with Crippen molar-refractivity contribution in [3.05, 3.63) is 237 Å². The molecule has 9 aromatic carbocycles. The van der Waals surface area contributed by atoms with Crippen molar-refractivity contribution in [2.45, 2.75) is 0 Å². The van der Waals surface area contributed by atoms with Crippen molar-refractivity contribution in [2.75, 3.05) is 4.90 Å². The molecule has 0 unspecified atom stereocenters. The van der Waals surface area contributed by atoms with Gasteiger partial charge in [-0.1, -0.05) is 181 Å².